The zero-order valence-electron chi connectivity index (χ0n) is 19.3. The van der Waals surface area contributed by atoms with E-state index in [1.54, 1.807) is 14.2 Å². The van der Waals surface area contributed by atoms with Crippen molar-refractivity contribution < 1.29 is 14.3 Å². The highest BCUT2D eigenvalue weighted by Crippen LogP contribution is 2.49. The van der Waals surface area contributed by atoms with Crippen LogP contribution >= 0.6 is 0 Å². The van der Waals surface area contributed by atoms with Crippen LogP contribution in [0.2, 0.25) is 0 Å². The highest BCUT2D eigenvalue weighted by molar-refractivity contribution is 6.00. The molecule has 0 unspecified atom stereocenters. The number of carbonyl (C=O) groups is 1. The van der Waals surface area contributed by atoms with Crippen LogP contribution in [0.4, 0.5) is 0 Å². The van der Waals surface area contributed by atoms with Gasteiger partial charge in [0.25, 0.3) is 5.91 Å². The molecule has 0 spiro atoms. The third kappa shape index (κ3) is 3.29. The number of hydrogen-bond acceptors (Lipinski definition) is 3. The second kappa shape index (κ2) is 7.49. The van der Waals surface area contributed by atoms with Gasteiger partial charge in [-0.2, -0.15) is 0 Å². The maximum absolute atomic E-state index is 13.3. The Kier molecular flexibility index (Phi) is 5.08. The molecular formula is C26H30N2O3. The molecule has 1 aliphatic rings. The number of amides is 1. The fourth-order valence-corrected chi connectivity index (χ4v) is 4.57. The summed E-state index contributed by atoms with van der Waals surface area (Å²) in [5.41, 5.74) is 5.51. The van der Waals surface area contributed by atoms with E-state index in [2.05, 4.69) is 44.8 Å². The average molecular weight is 419 g/mol. The van der Waals surface area contributed by atoms with Crippen molar-refractivity contribution >= 4 is 16.8 Å². The lowest BCUT2D eigenvalue weighted by molar-refractivity contribution is -0.131. The molecule has 0 bridgehead atoms. The molecule has 1 aromatic heterocycles. The van der Waals surface area contributed by atoms with E-state index in [1.807, 2.05) is 42.2 Å². The highest BCUT2D eigenvalue weighted by Gasteiger charge is 2.43. The van der Waals surface area contributed by atoms with E-state index in [0.29, 0.717) is 0 Å². The van der Waals surface area contributed by atoms with Crippen molar-refractivity contribution in [1.29, 1.82) is 0 Å². The molecule has 5 nitrogen and oxygen atoms in total. The largest absolute Gasteiger partial charge is 0.497 e. The molecule has 0 fully saturated rings. The van der Waals surface area contributed by atoms with E-state index in [-0.39, 0.29) is 17.5 Å². The Morgan fingerprint density at radius 2 is 1.71 bits per heavy atom. The summed E-state index contributed by atoms with van der Waals surface area (Å²) in [6, 6.07) is 13.9. The predicted octanol–water partition coefficient (Wildman–Crippen LogP) is 5.87. The standard InChI is InChI=1S/C26H30N2O3/c1-15-16(2)25(29)28(26(3,4)5)24(15)22-18-10-8-9-11-20(18)27-23(22)19-14-17(30-6)12-13-21(19)31-7/h8-14,24,27H,1-7H3/t24-/m0/s1. The molecule has 0 radical (unpaired) electrons. The SMILES string of the molecule is COc1ccc(OC)c(-c2[nH]c3ccccc3c2[C@@H]2C(C)=C(C)C(=O)N2C(C)(C)C)c1. The first-order valence-electron chi connectivity index (χ1n) is 10.5. The van der Waals surface area contributed by atoms with Gasteiger partial charge in [-0.05, 0) is 64.5 Å². The Bertz CT molecular complexity index is 1200. The molecule has 162 valence electrons. The van der Waals surface area contributed by atoms with Crippen LogP contribution < -0.4 is 9.47 Å². The Balaban J connectivity index is 2.07. The summed E-state index contributed by atoms with van der Waals surface area (Å²) in [6.07, 6.45) is 0. The maximum atomic E-state index is 13.3. The van der Waals surface area contributed by atoms with Gasteiger partial charge in [-0.25, -0.2) is 0 Å². The summed E-state index contributed by atoms with van der Waals surface area (Å²) in [4.78, 5) is 18.9. The van der Waals surface area contributed by atoms with Crippen molar-refractivity contribution in [1.82, 2.24) is 9.88 Å². The molecule has 1 aliphatic heterocycles. The smallest absolute Gasteiger partial charge is 0.250 e. The molecule has 2 aromatic carbocycles. The fourth-order valence-electron chi connectivity index (χ4n) is 4.57. The summed E-state index contributed by atoms with van der Waals surface area (Å²) >= 11 is 0. The van der Waals surface area contributed by atoms with E-state index in [0.717, 1.165) is 50.4 Å². The highest BCUT2D eigenvalue weighted by atomic mass is 16.5. The molecule has 0 saturated carbocycles. The summed E-state index contributed by atoms with van der Waals surface area (Å²) in [5.74, 6) is 1.58. The van der Waals surface area contributed by atoms with Crippen LogP contribution in [0.3, 0.4) is 0 Å². The normalized spacial score (nSPS) is 17.1. The van der Waals surface area contributed by atoms with Crippen LogP contribution in [-0.4, -0.2) is 35.5 Å². The molecule has 1 amide bonds. The van der Waals surface area contributed by atoms with Crippen LogP contribution in [0.25, 0.3) is 22.2 Å². The fraction of sp³-hybridized carbons (Fsp3) is 0.346. The number of rotatable bonds is 4. The number of ether oxygens (including phenoxy) is 2. The minimum absolute atomic E-state index is 0.0869. The molecule has 31 heavy (non-hydrogen) atoms. The third-order valence-electron chi connectivity index (χ3n) is 6.22. The maximum Gasteiger partial charge on any atom is 0.250 e. The average Bonchev–Trinajstić information content (AvgIpc) is 3.23. The monoisotopic (exact) mass is 418 g/mol. The van der Waals surface area contributed by atoms with Crippen LogP contribution in [0.5, 0.6) is 11.5 Å². The second-order valence-electron chi connectivity index (χ2n) is 9.08. The van der Waals surface area contributed by atoms with Gasteiger partial charge in [-0.3, -0.25) is 4.79 Å². The van der Waals surface area contributed by atoms with Gasteiger partial charge >= 0.3 is 0 Å². The van der Waals surface area contributed by atoms with E-state index in [4.69, 9.17) is 9.47 Å². The Morgan fingerprint density at radius 1 is 1.00 bits per heavy atom. The molecule has 4 rings (SSSR count). The third-order valence-corrected chi connectivity index (χ3v) is 6.22. The van der Waals surface area contributed by atoms with Crippen molar-refractivity contribution in [2.75, 3.05) is 14.2 Å². The number of fused-ring (bicyclic) bond motifs is 1. The Morgan fingerprint density at radius 3 is 2.35 bits per heavy atom. The second-order valence-corrected chi connectivity index (χ2v) is 9.08. The van der Waals surface area contributed by atoms with Crippen LogP contribution in [0, 0.1) is 0 Å². The topological polar surface area (TPSA) is 54.6 Å². The molecular weight excluding hydrogens is 388 g/mol. The minimum atomic E-state index is -0.338. The number of hydrogen-bond donors (Lipinski definition) is 1. The molecule has 1 N–H and O–H groups in total. The van der Waals surface area contributed by atoms with Gasteiger partial charge in [0.2, 0.25) is 0 Å². The lowest BCUT2D eigenvalue weighted by Gasteiger charge is -2.38. The van der Waals surface area contributed by atoms with Crippen molar-refractivity contribution in [2.45, 2.75) is 46.2 Å². The summed E-state index contributed by atoms with van der Waals surface area (Å²) in [7, 11) is 3.33. The first-order valence-corrected chi connectivity index (χ1v) is 10.5. The quantitative estimate of drug-likeness (QED) is 0.576. The number of nitrogens with one attached hydrogen (secondary N) is 1. The minimum Gasteiger partial charge on any atom is -0.497 e. The lowest BCUT2D eigenvalue weighted by atomic mass is 9.91. The first-order chi connectivity index (χ1) is 14.7. The van der Waals surface area contributed by atoms with E-state index < -0.39 is 0 Å². The van der Waals surface area contributed by atoms with Crippen LogP contribution in [0.1, 0.15) is 46.2 Å². The number of H-pyrrole nitrogens is 1. The van der Waals surface area contributed by atoms with Crippen molar-refractivity contribution in [2.24, 2.45) is 0 Å². The van der Waals surface area contributed by atoms with E-state index >= 15 is 0 Å². The molecule has 2 heterocycles. The number of benzene rings is 2. The van der Waals surface area contributed by atoms with Crippen molar-refractivity contribution in [3.05, 3.63) is 59.2 Å². The lowest BCUT2D eigenvalue weighted by Crippen LogP contribution is -2.45. The molecule has 3 aromatic rings. The van der Waals surface area contributed by atoms with Gasteiger partial charge < -0.3 is 19.4 Å². The van der Waals surface area contributed by atoms with Crippen LogP contribution in [-0.2, 0) is 4.79 Å². The Labute approximate surface area is 183 Å². The zero-order chi connectivity index (χ0) is 22.5. The van der Waals surface area contributed by atoms with E-state index in [1.165, 1.54) is 0 Å². The van der Waals surface area contributed by atoms with Gasteiger partial charge in [-0.15, -0.1) is 0 Å². The van der Waals surface area contributed by atoms with E-state index in [9.17, 15) is 4.79 Å². The number of carbonyl (C=O) groups excluding carboxylic acids is 1. The van der Waals surface area contributed by atoms with Gasteiger partial charge in [0, 0.05) is 33.1 Å². The summed E-state index contributed by atoms with van der Waals surface area (Å²) in [5, 5.41) is 1.10. The number of aromatic nitrogens is 1. The van der Waals surface area contributed by atoms with Gasteiger partial charge in [-0.1, -0.05) is 18.2 Å². The Hall–Kier alpha value is -3.21. The van der Waals surface area contributed by atoms with Gasteiger partial charge in [0.15, 0.2) is 0 Å². The number of para-hydroxylation sites is 1. The predicted molar refractivity (Wildman–Crippen MR) is 125 cm³/mol. The van der Waals surface area contributed by atoms with Crippen molar-refractivity contribution in [3.8, 4) is 22.8 Å². The first kappa shape index (κ1) is 21.0. The zero-order valence-corrected chi connectivity index (χ0v) is 19.3. The van der Waals surface area contributed by atoms with Gasteiger partial charge in [0.1, 0.15) is 11.5 Å². The number of methoxy groups -OCH3 is 2. The van der Waals surface area contributed by atoms with Crippen molar-refractivity contribution in [3.63, 3.8) is 0 Å². The molecule has 5 heteroatoms. The number of nitrogens with zero attached hydrogens (tertiary/aromatic N) is 1. The number of aromatic amines is 1. The van der Waals surface area contributed by atoms with Gasteiger partial charge in [0.05, 0.1) is 26.0 Å². The summed E-state index contributed by atoms with van der Waals surface area (Å²) in [6.45, 7) is 10.3. The molecule has 0 aliphatic carbocycles. The molecule has 1 atom stereocenters. The van der Waals surface area contributed by atoms with Crippen LogP contribution in [0.15, 0.2) is 53.6 Å². The molecule has 0 saturated heterocycles. The summed E-state index contributed by atoms with van der Waals surface area (Å²) < 4.78 is 11.2.